The summed E-state index contributed by atoms with van der Waals surface area (Å²) >= 11 is 1.79. The summed E-state index contributed by atoms with van der Waals surface area (Å²) in [6.07, 6.45) is 18.6. The van der Waals surface area contributed by atoms with Gasteiger partial charge in [0.05, 0.1) is 6.54 Å². The van der Waals surface area contributed by atoms with Crippen molar-refractivity contribution in [1.82, 2.24) is 4.57 Å². The molecule has 170 valence electrons. The Bertz CT molecular complexity index is 651. The molecule has 0 saturated heterocycles. The zero-order valence-corrected chi connectivity index (χ0v) is 19.9. The summed E-state index contributed by atoms with van der Waals surface area (Å²) in [4.78, 5) is 10.2. The minimum Gasteiger partial charge on any atom is -0.550 e. The molecule has 6 heteroatoms. The van der Waals surface area contributed by atoms with Crippen molar-refractivity contribution in [3.8, 4) is 0 Å². The van der Waals surface area contributed by atoms with Crippen molar-refractivity contribution in [2.24, 2.45) is 0 Å². The molecule has 0 saturated carbocycles. The summed E-state index contributed by atoms with van der Waals surface area (Å²) < 4.78 is 10.8. The van der Waals surface area contributed by atoms with Crippen LogP contribution in [0.5, 0.6) is 0 Å². The zero-order valence-electron chi connectivity index (χ0n) is 19.1. The lowest BCUT2D eigenvalue weighted by Gasteiger charge is -2.14. The topological polar surface area (TPSA) is 58.2 Å². The zero-order chi connectivity index (χ0) is 22.0. The molecule has 0 aromatic carbocycles. The molecular formula is C24H40N2O3S. The lowest BCUT2D eigenvalue weighted by Crippen LogP contribution is -2.35. The largest absolute Gasteiger partial charge is 0.550 e. The molecule has 0 N–H and O–H groups in total. The lowest BCUT2D eigenvalue weighted by molar-refractivity contribution is -0.704. The fraction of sp³-hybridized carbons (Fsp3) is 0.667. The molecule has 0 radical (unpaired) electrons. The summed E-state index contributed by atoms with van der Waals surface area (Å²) in [5, 5.41) is 11.0. The number of nitrogens with zero attached hydrogens (tertiary/aromatic N) is 2. The first kappa shape index (κ1) is 26.4. The highest BCUT2D eigenvalue weighted by Gasteiger charge is 2.17. The summed E-state index contributed by atoms with van der Waals surface area (Å²) in [6, 6.07) is 4.31. The van der Waals surface area contributed by atoms with Crippen LogP contribution < -0.4 is 9.67 Å². The van der Waals surface area contributed by atoms with Gasteiger partial charge in [0.15, 0.2) is 0 Å². The van der Waals surface area contributed by atoms with Crippen molar-refractivity contribution < 1.29 is 19.2 Å². The normalized spacial score (nSPS) is 11.7. The lowest BCUT2D eigenvalue weighted by atomic mass is 10.1. The molecule has 2 rings (SSSR count). The van der Waals surface area contributed by atoms with Gasteiger partial charge >= 0.3 is 0 Å². The van der Waals surface area contributed by atoms with Crippen molar-refractivity contribution in [2.45, 2.75) is 97.8 Å². The first-order chi connectivity index (χ1) is 14.6. The van der Waals surface area contributed by atoms with Gasteiger partial charge in [-0.15, -0.1) is 11.3 Å². The Kier molecular flexibility index (Phi) is 15.0. The molecule has 0 aliphatic rings. The molecule has 30 heavy (non-hydrogen) atoms. The van der Waals surface area contributed by atoms with Gasteiger partial charge < -0.3 is 14.6 Å². The van der Waals surface area contributed by atoms with Gasteiger partial charge in [0.2, 0.25) is 6.33 Å². The molecule has 0 amide bonds. The van der Waals surface area contributed by atoms with Crippen molar-refractivity contribution >= 4 is 17.3 Å². The van der Waals surface area contributed by atoms with E-state index in [-0.39, 0.29) is 6.10 Å². The second-order valence-electron chi connectivity index (χ2n) is 7.69. The van der Waals surface area contributed by atoms with E-state index in [4.69, 9.17) is 14.6 Å². The molecule has 0 bridgehead atoms. The Morgan fingerprint density at radius 1 is 1.13 bits per heavy atom. The summed E-state index contributed by atoms with van der Waals surface area (Å²) in [5.41, 5.74) is 0. The van der Waals surface area contributed by atoms with Crippen LogP contribution in [0.3, 0.4) is 0 Å². The standard InChI is InChI=1S/C22H37N2OS.C2H4O2/c1-3-5-7-8-9-10-11-14-23-15-16-24(20-23)19-21(25-17-6-4-2)22-13-12-18-26-22;1-2(3)4/h12-13,15-16,18,20-21H,3-11,14,17,19H2,1-2H3;1H3,(H,3,4)/q+1;/p-1. The molecule has 2 heterocycles. The van der Waals surface area contributed by atoms with Gasteiger partial charge in [0.25, 0.3) is 0 Å². The number of hydrogen-bond donors (Lipinski definition) is 0. The van der Waals surface area contributed by atoms with E-state index < -0.39 is 5.97 Å². The maximum Gasteiger partial charge on any atom is 0.243 e. The van der Waals surface area contributed by atoms with Gasteiger partial charge in [-0.1, -0.05) is 58.4 Å². The first-order valence-corrected chi connectivity index (χ1v) is 12.3. The van der Waals surface area contributed by atoms with Gasteiger partial charge in [0.1, 0.15) is 25.0 Å². The first-order valence-electron chi connectivity index (χ1n) is 11.4. The van der Waals surface area contributed by atoms with E-state index in [1.165, 1.54) is 56.2 Å². The van der Waals surface area contributed by atoms with Crippen molar-refractivity contribution in [3.05, 3.63) is 41.1 Å². The molecule has 5 nitrogen and oxygen atoms in total. The Balaban J connectivity index is 0.00000103. The number of carboxylic acid groups (broad SMARTS) is 1. The second-order valence-corrected chi connectivity index (χ2v) is 8.67. The maximum absolute atomic E-state index is 8.89. The maximum atomic E-state index is 8.89. The number of hydrogen-bond acceptors (Lipinski definition) is 4. The molecule has 0 aliphatic heterocycles. The van der Waals surface area contributed by atoms with Gasteiger partial charge in [-0.25, -0.2) is 9.13 Å². The van der Waals surface area contributed by atoms with Crippen molar-refractivity contribution in [1.29, 1.82) is 0 Å². The number of carbonyl (C=O) groups is 1. The Hall–Kier alpha value is -1.66. The molecule has 0 spiro atoms. The Morgan fingerprint density at radius 2 is 1.80 bits per heavy atom. The van der Waals surface area contributed by atoms with E-state index in [1.807, 2.05) is 0 Å². The minimum absolute atomic E-state index is 0.168. The van der Waals surface area contributed by atoms with Crippen LogP contribution in [0.15, 0.2) is 36.2 Å². The number of thiophene rings is 1. The van der Waals surface area contributed by atoms with Crippen LogP contribution in [0.25, 0.3) is 0 Å². The molecular weight excluding hydrogens is 396 g/mol. The quantitative estimate of drug-likeness (QED) is 0.295. The number of rotatable bonds is 15. The highest BCUT2D eigenvalue weighted by Crippen LogP contribution is 2.23. The van der Waals surface area contributed by atoms with Crippen LogP contribution in [-0.4, -0.2) is 17.1 Å². The number of aromatic nitrogens is 2. The van der Waals surface area contributed by atoms with Crippen LogP contribution >= 0.6 is 11.3 Å². The number of unbranched alkanes of at least 4 members (excludes halogenated alkanes) is 7. The summed E-state index contributed by atoms with van der Waals surface area (Å²) in [5.74, 6) is -1.08. The highest BCUT2D eigenvalue weighted by molar-refractivity contribution is 7.10. The van der Waals surface area contributed by atoms with Gasteiger partial charge in [-0.3, -0.25) is 0 Å². The minimum atomic E-state index is -1.08. The van der Waals surface area contributed by atoms with E-state index in [0.29, 0.717) is 0 Å². The van der Waals surface area contributed by atoms with Crippen LogP contribution in [0.1, 0.15) is 89.5 Å². The monoisotopic (exact) mass is 436 g/mol. The van der Waals surface area contributed by atoms with Crippen molar-refractivity contribution in [2.75, 3.05) is 6.61 Å². The number of ether oxygens (including phenoxy) is 1. The van der Waals surface area contributed by atoms with E-state index in [2.05, 4.69) is 59.2 Å². The van der Waals surface area contributed by atoms with E-state index >= 15 is 0 Å². The number of aryl methyl sites for hydroxylation is 1. The van der Waals surface area contributed by atoms with Gasteiger partial charge in [-0.05, 0) is 37.6 Å². The third-order valence-electron chi connectivity index (χ3n) is 4.82. The smallest absolute Gasteiger partial charge is 0.243 e. The summed E-state index contributed by atoms with van der Waals surface area (Å²) in [7, 11) is 0. The molecule has 2 aromatic heterocycles. The van der Waals surface area contributed by atoms with Gasteiger partial charge in [-0.2, -0.15) is 0 Å². The molecule has 1 atom stereocenters. The van der Waals surface area contributed by atoms with Crippen LogP contribution in [0, 0.1) is 0 Å². The predicted octanol–water partition coefficient (Wildman–Crippen LogP) is 4.90. The van der Waals surface area contributed by atoms with E-state index in [9.17, 15) is 0 Å². The fourth-order valence-electron chi connectivity index (χ4n) is 3.19. The Morgan fingerprint density at radius 3 is 2.43 bits per heavy atom. The molecule has 0 fully saturated rings. The molecule has 0 aliphatic carbocycles. The van der Waals surface area contributed by atoms with Crippen LogP contribution in [-0.2, 0) is 22.6 Å². The summed E-state index contributed by atoms with van der Waals surface area (Å²) in [6.45, 7) is 8.33. The van der Waals surface area contributed by atoms with E-state index in [1.54, 1.807) is 11.3 Å². The average Bonchev–Trinajstić information content (AvgIpc) is 3.38. The highest BCUT2D eigenvalue weighted by atomic mass is 32.1. The Labute approximate surface area is 186 Å². The number of imidazole rings is 1. The SMILES string of the molecule is CC(=O)[O-].CCCCCCCCCn1cc[n+](CC(OCCCC)c2cccs2)c1. The predicted molar refractivity (Wildman–Crippen MR) is 121 cm³/mol. The number of aliphatic carboxylic acids is 1. The van der Waals surface area contributed by atoms with Crippen LogP contribution in [0.2, 0.25) is 0 Å². The van der Waals surface area contributed by atoms with E-state index in [0.717, 1.165) is 33.0 Å². The molecule has 2 aromatic rings. The molecule has 1 unspecified atom stereocenters. The number of carboxylic acids is 1. The second kappa shape index (κ2) is 17.1. The van der Waals surface area contributed by atoms with Crippen LogP contribution in [0.4, 0.5) is 0 Å². The third-order valence-corrected chi connectivity index (χ3v) is 5.78. The number of carbonyl (C=O) groups excluding carboxylic acids is 1. The van der Waals surface area contributed by atoms with Gasteiger partial charge in [0, 0.05) is 17.5 Å². The van der Waals surface area contributed by atoms with Crippen molar-refractivity contribution in [3.63, 3.8) is 0 Å². The third kappa shape index (κ3) is 12.8. The average molecular weight is 437 g/mol. The fourth-order valence-corrected chi connectivity index (χ4v) is 3.96.